The van der Waals surface area contributed by atoms with Crippen molar-refractivity contribution in [3.05, 3.63) is 24.0 Å². The van der Waals surface area contributed by atoms with E-state index >= 15 is 0 Å². The molecule has 1 aromatic rings. The highest BCUT2D eigenvalue weighted by Gasteiger charge is 2.01. The molecule has 66 valence electrons. The molecule has 0 unspecified atom stereocenters. The topological polar surface area (TPSA) is 57.2 Å². The van der Waals surface area contributed by atoms with Crippen molar-refractivity contribution < 1.29 is 9.53 Å². The molecule has 1 aromatic heterocycles. The van der Waals surface area contributed by atoms with E-state index in [0.29, 0.717) is 6.54 Å². The summed E-state index contributed by atoms with van der Waals surface area (Å²) >= 11 is 0. The zero-order valence-electron chi connectivity index (χ0n) is 6.99. The number of ether oxygens (including phenoxy) is 1. The van der Waals surface area contributed by atoms with Gasteiger partial charge >= 0.3 is 5.97 Å². The van der Waals surface area contributed by atoms with Gasteiger partial charge in [0.1, 0.15) is 6.54 Å². The molecule has 12 heavy (non-hydrogen) atoms. The average molecular weight is 168 g/mol. The van der Waals surface area contributed by atoms with E-state index in [1.165, 1.54) is 7.11 Å². The molecule has 2 N–H and O–H groups in total. The second kappa shape index (κ2) is 3.92. The maximum Gasteiger partial charge on any atom is 0.325 e. The summed E-state index contributed by atoms with van der Waals surface area (Å²) in [7, 11) is 1.37. The van der Waals surface area contributed by atoms with E-state index in [-0.39, 0.29) is 12.5 Å². The predicted octanol–water partition coefficient (Wildman–Crippen LogP) is 0.120. The highest BCUT2D eigenvalue weighted by atomic mass is 16.5. The average Bonchev–Trinajstić information content (AvgIpc) is 2.52. The van der Waals surface area contributed by atoms with Gasteiger partial charge in [-0.1, -0.05) is 0 Å². The maximum atomic E-state index is 10.8. The quantitative estimate of drug-likeness (QED) is 0.652. The Bertz CT molecular complexity index is 268. The van der Waals surface area contributed by atoms with E-state index in [1.54, 1.807) is 10.8 Å². The number of methoxy groups -OCH3 is 1. The standard InChI is InChI=1S/C8H12N2O2/c1-12-8(11)6-10-3-2-7(4-9)5-10/h2-3,5H,4,6,9H2,1H3. The first-order chi connectivity index (χ1) is 5.76. The normalized spacial score (nSPS) is 9.83. The van der Waals surface area contributed by atoms with E-state index in [0.717, 1.165) is 5.56 Å². The first-order valence-corrected chi connectivity index (χ1v) is 3.68. The van der Waals surface area contributed by atoms with E-state index < -0.39 is 0 Å². The molecule has 0 spiro atoms. The summed E-state index contributed by atoms with van der Waals surface area (Å²) in [6.07, 6.45) is 3.63. The van der Waals surface area contributed by atoms with Gasteiger partial charge < -0.3 is 15.0 Å². The first kappa shape index (κ1) is 8.80. The molecular weight excluding hydrogens is 156 g/mol. The van der Waals surface area contributed by atoms with Crippen molar-refractivity contribution in [2.45, 2.75) is 13.1 Å². The fraction of sp³-hybridized carbons (Fsp3) is 0.375. The van der Waals surface area contributed by atoms with Gasteiger partial charge in [0.15, 0.2) is 0 Å². The van der Waals surface area contributed by atoms with Crippen LogP contribution in [0.3, 0.4) is 0 Å². The molecule has 4 nitrogen and oxygen atoms in total. The Kier molecular flexibility index (Phi) is 2.88. The van der Waals surface area contributed by atoms with Gasteiger partial charge in [-0.2, -0.15) is 0 Å². The fourth-order valence-electron chi connectivity index (χ4n) is 0.923. The lowest BCUT2D eigenvalue weighted by Crippen LogP contribution is -2.09. The van der Waals surface area contributed by atoms with Crippen LogP contribution >= 0.6 is 0 Å². The summed E-state index contributed by atoms with van der Waals surface area (Å²) in [5.41, 5.74) is 6.41. The van der Waals surface area contributed by atoms with E-state index in [4.69, 9.17) is 5.73 Å². The Morgan fingerprint density at radius 3 is 3.00 bits per heavy atom. The second-order valence-electron chi connectivity index (χ2n) is 2.47. The number of hydrogen-bond acceptors (Lipinski definition) is 3. The molecule has 1 heterocycles. The summed E-state index contributed by atoms with van der Waals surface area (Å²) in [5, 5.41) is 0. The summed E-state index contributed by atoms with van der Waals surface area (Å²) < 4.78 is 6.25. The number of esters is 1. The summed E-state index contributed by atoms with van der Waals surface area (Å²) in [6.45, 7) is 0.741. The van der Waals surface area contributed by atoms with Crippen LogP contribution < -0.4 is 5.73 Å². The molecule has 0 saturated carbocycles. The number of aromatic nitrogens is 1. The third kappa shape index (κ3) is 2.10. The molecule has 0 aliphatic rings. The van der Waals surface area contributed by atoms with Crippen molar-refractivity contribution >= 4 is 5.97 Å². The highest BCUT2D eigenvalue weighted by Crippen LogP contribution is 1.99. The van der Waals surface area contributed by atoms with E-state index in [2.05, 4.69) is 4.74 Å². The third-order valence-electron chi connectivity index (χ3n) is 1.59. The Labute approximate surface area is 70.9 Å². The van der Waals surface area contributed by atoms with Gasteiger partial charge in [-0.3, -0.25) is 4.79 Å². The summed E-state index contributed by atoms with van der Waals surface area (Å²) in [4.78, 5) is 10.8. The van der Waals surface area contributed by atoms with Gasteiger partial charge in [-0.25, -0.2) is 0 Å². The third-order valence-corrected chi connectivity index (χ3v) is 1.59. The molecule has 0 amide bonds. The van der Waals surface area contributed by atoms with Crippen molar-refractivity contribution in [3.63, 3.8) is 0 Å². The van der Waals surface area contributed by atoms with Gasteiger partial charge in [0.25, 0.3) is 0 Å². The van der Waals surface area contributed by atoms with Gasteiger partial charge in [-0.15, -0.1) is 0 Å². The lowest BCUT2D eigenvalue weighted by atomic mass is 10.3. The van der Waals surface area contributed by atoms with Crippen LogP contribution in [0.15, 0.2) is 18.5 Å². The molecule has 0 bridgehead atoms. The van der Waals surface area contributed by atoms with Crippen LogP contribution in [0, 0.1) is 0 Å². The van der Waals surface area contributed by atoms with Crippen LogP contribution in [-0.4, -0.2) is 17.6 Å². The van der Waals surface area contributed by atoms with Crippen LogP contribution in [0.1, 0.15) is 5.56 Å². The fourth-order valence-corrected chi connectivity index (χ4v) is 0.923. The molecule has 0 aliphatic carbocycles. The van der Waals surface area contributed by atoms with Gasteiger partial charge in [0.2, 0.25) is 0 Å². The first-order valence-electron chi connectivity index (χ1n) is 3.68. The Balaban J connectivity index is 2.58. The lowest BCUT2D eigenvalue weighted by Gasteiger charge is -1.99. The zero-order chi connectivity index (χ0) is 8.97. The second-order valence-corrected chi connectivity index (χ2v) is 2.47. The molecule has 4 heteroatoms. The Morgan fingerprint density at radius 1 is 1.75 bits per heavy atom. The Morgan fingerprint density at radius 2 is 2.50 bits per heavy atom. The number of nitrogens with two attached hydrogens (primary N) is 1. The van der Waals surface area contributed by atoms with Crippen molar-refractivity contribution in [3.8, 4) is 0 Å². The molecule has 0 aliphatic heterocycles. The van der Waals surface area contributed by atoms with E-state index in [9.17, 15) is 4.79 Å². The number of nitrogens with zero attached hydrogens (tertiary/aromatic N) is 1. The zero-order valence-corrected chi connectivity index (χ0v) is 6.99. The predicted molar refractivity (Wildman–Crippen MR) is 44.3 cm³/mol. The molecular formula is C8H12N2O2. The minimum absolute atomic E-state index is 0.247. The van der Waals surface area contributed by atoms with Crippen LogP contribution in [-0.2, 0) is 22.6 Å². The van der Waals surface area contributed by atoms with Gasteiger partial charge in [0.05, 0.1) is 7.11 Å². The van der Waals surface area contributed by atoms with Crippen molar-refractivity contribution in [2.75, 3.05) is 7.11 Å². The molecule has 0 saturated heterocycles. The van der Waals surface area contributed by atoms with E-state index in [1.807, 2.05) is 12.3 Å². The molecule has 0 aromatic carbocycles. The minimum Gasteiger partial charge on any atom is -0.468 e. The molecule has 0 radical (unpaired) electrons. The summed E-state index contributed by atoms with van der Waals surface area (Å²) in [6, 6.07) is 1.88. The van der Waals surface area contributed by atoms with Gasteiger partial charge in [-0.05, 0) is 11.6 Å². The lowest BCUT2D eigenvalue weighted by molar-refractivity contribution is -0.141. The number of carbonyl (C=O) groups is 1. The van der Waals surface area contributed by atoms with Crippen LogP contribution in [0.5, 0.6) is 0 Å². The van der Waals surface area contributed by atoms with Crippen LogP contribution in [0.4, 0.5) is 0 Å². The maximum absolute atomic E-state index is 10.8. The molecule has 0 fully saturated rings. The summed E-state index contributed by atoms with van der Waals surface area (Å²) in [5.74, 6) is -0.255. The highest BCUT2D eigenvalue weighted by molar-refractivity contribution is 5.68. The van der Waals surface area contributed by atoms with Crippen molar-refractivity contribution in [1.29, 1.82) is 0 Å². The smallest absolute Gasteiger partial charge is 0.325 e. The van der Waals surface area contributed by atoms with Crippen LogP contribution in [0.25, 0.3) is 0 Å². The SMILES string of the molecule is COC(=O)Cn1ccc(CN)c1. The van der Waals surface area contributed by atoms with Crippen molar-refractivity contribution in [1.82, 2.24) is 4.57 Å². The van der Waals surface area contributed by atoms with Crippen LogP contribution in [0.2, 0.25) is 0 Å². The minimum atomic E-state index is -0.255. The molecule has 1 rings (SSSR count). The van der Waals surface area contributed by atoms with Gasteiger partial charge in [0, 0.05) is 18.9 Å². The monoisotopic (exact) mass is 168 g/mol. The molecule has 0 atom stereocenters. The largest absolute Gasteiger partial charge is 0.468 e. The number of hydrogen-bond donors (Lipinski definition) is 1. The van der Waals surface area contributed by atoms with Crippen molar-refractivity contribution in [2.24, 2.45) is 5.73 Å². The Hall–Kier alpha value is -1.29. The number of carbonyl (C=O) groups excluding carboxylic acids is 1. The number of rotatable bonds is 3.